The Morgan fingerprint density at radius 1 is 0.842 bits per heavy atom. The van der Waals surface area contributed by atoms with E-state index < -0.39 is 0 Å². The quantitative estimate of drug-likeness (QED) is 0.859. The van der Waals surface area contributed by atoms with E-state index in [4.69, 9.17) is 11.5 Å². The molecule has 0 aliphatic rings. The summed E-state index contributed by atoms with van der Waals surface area (Å²) in [5.74, 6) is 0. The first-order chi connectivity index (χ1) is 9.25. The van der Waals surface area contributed by atoms with Crippen LogP contribution in [0.1, 0.15) is 11.1 Å². The molecule has 2 atom stereocenters. The van der Waals surface area contributed by atoms with Gasteiger partial charge < -0.3 is 11.5 Å². The van der Waals surface area contributed by atoms with Gasteiger partial charge in [0.2, 0.25) is 0 Å². The van der Waals surface area contributed by atoms with Crippen LogP contribution >= 0.6 is 0 Å². The summed E-state index contributed by atoms with van der Waals surface area (Å²) in [5.41, 5.74) is 14.6. The molecule has 19 heavy (non-hydrogen) atoms. The van der Waals surface area contributed by atoms with Gasteiger partial charge in [-0.3, -0.25) is 0 Å². The van der Waals surface area contributed by atoms with Gasteiger partial charge in [-0.1, -0.05) is 72.8 Å². The Kier molecular flexibility index (Phi) is 4.90. The second-order valence-electron chi connectivity index (χ2n) is 4.70. The lowest BCUT2D eigenvalue weighted by Crippen LogP contribution is -2.41. The van der Waals surface area contributed by atoms with E-state index in [0.717, 1.165) is 12.0 Å². The molecule has 2 aromatic rings. The van der Waals surface area contributed by atoms with Gasteiger partial charge in [0.25, 0.3) is 0 Å². The van der Waals surface area contributed by atoms with Gasteiger partial charge >= 0.3 is 0 Å². The highest BCUT2D eigenvalue weighted by Crippen LogP contribution is 2.06. The molecule has 4 N–H and O–H groups in total. The second kappa shape index (κ2) is 6.88. The molecule has 0 aliphatic heterocycles. The van der Waals surface area contributed by atoms with Crippen molar-refractivity contribution in [3.8, 4) is 0 Å². The fourth-order valence-corrected chi connectivity index (χ4v) is 1.95. The van der Waals surface area contributed by atoms with Crippen LogP contribution in [-0.2, 0) is 6.42 Å². The Morgan fingerprint density at radius 2 is 1.42 bits per heavy atom. The van der Waals surface area contributed by atoms with E-state index in [1.807, 2.05) is 60.7 Å². The molecule has 0 aromatic heterocycles. The summed E-state index contributed by atoms with van der Waals surface area (Å²) in [5, 5.41) is 0. The molecule has 0 saturated heterocycles. The van der Waals surface area contributed by atoms with Crippen molar-refractivity contribution in [2.24, 2.45) is 11.5 Å². The highest BCUT2D eigenvalue weighted by molar-refractivity contribution is 5.49. The molecule has 2 rings (SSSR count). The molecule has 0 fully saturated rings. The van der Waals surface area contributed by atoms with Crippen LogP contribution < -0.4 is 11.5 Å². The first kappa shape index (κ1) is 13.5. The molecule has 0 amide bonds. The summed E-state index contributed by atoms with van der Waals surface area (Å²) in [7, 11) is 0. The molecule has 2 nitrogen and oxygen atoms in total. The highest BCUT2D eigenvalue weighted by Gasteiger charge is 2.10. The van der Waals surface area contributed by atoms with Gasteiger partial charge in [-0.2, -0.15) is 0 Å². The minimum absolute atomic E-state index is 0.0673. The largest absolute Gasteiger partial charge is 0.326 e. The average Bonchev–Trinajstić information content (AvgIpc) is 2.47. The van der Waals surface area contributed by atoms with Crippen molar-refractivity contribution in [3.63, 3.8) is 0 Å². The predicted octanol–water partition coefficient (Wildman–Crippen LogP) is 2.60. The van der Waals surface area contributed by atoms with Crippen LogP contribution in [0, 0.1) is 0 Å². The summed E-state index contributed by atoms with van der Waals surface area (Å²) in [6.45, 7) is 0. The normalized spacial score (nSPS) is 14.4. The maximum absolute atomic E-state index is 6.14. The molecule has 0 heterocycles. The number of hydrogen-bond acceptors (Lipinski definition) is 2. The van der Waals surface area contributed by atoms with Gasteiger partial charge in [0.05, 0.1) is 0 Å². The molecule has 2 aromatic carbocycles. The van der Waals surface area contributed by atoms with Crippen LogP contribution in [0.25, 0.3) is 6.08 Å². The zero-order valence-corrected chi connectivity index (χ0v) is 10.9. The van der Waals surface area contributed by atoms with Crippen LogP contribution in [-0.4, -0.2) is 12.1 Å². The maximum atomic E-state index is 6.14. The Morgan fingerprint density at radius 3 is 2.05 bits per heavy atom. The third-order valence-corrected chi connectivity index (χ3v) is 3.12. The molecule has 0 saturated carbocycles. The monoisotopic (exact) mass is 252 g/mol. The zero-order valence-electron chi connectivity index (χ0n) is 10.9. The Balaban J connectivity index is 1.92. The molecule has 0 spiro atoms. The van der Waals surface area contributed by atoms with Crippen molar-refractivity contribution in [3.05, 3.63) is 77.9 Å². The van der Waals surface area contributed by atoms with Crippen molar-refractivity contribution in [1.82, 2.24) is 0 Å². The standard InChI is InChI=1S/C17H20N2/c18-16(12-11-14-7-3-1-4-8-14)17(19)13-15-9-5-2-6-10-15/h1-12,16-17H,13,18-19H2/b12-11+/t16-,17+/m1/s1. The van der Waals surface area contributed by atoms with Crippen LogP contribution in [0.3, 0.4) is 0 Å². The van der Waals surface area contributed by atoms with Crippen molar-refractivity contribution in [2.45, 2.75) is 18.5 Å². The molecule has 2 heteroatoms. The van der Waals surface area contributed by atoms with Gasteiger partial charge in [-0.15, -0.1) is 0 Å². The molecular formula is C17H20N2. The average molecular weight is 252 g/mol. The van der Waals surface area contributed by atoms with E-state index in [2.05, 4.69) is 12.1 Å². The van der Waals surface area contributed by atoms with Gasteiger partial charge in [-0.25, -0.2) is 0 Å². The lowest BCUT2D eigenvalue weighted by Gasteiger charge is -2.16. The Labute approximate surface area is 114 Å². The Hall–Kier alpha value is -1.90. The molecule has 0 aliphatic carbocycles. The van der Waals surface area contributed by atoms with E-state index in [1.165, 1.54) is 5.56 Å². The first-order valence-electron chi connectivity index (χ1n) is 6.54. The summed E-state index contributed by atoms with van der Waals surface area (Å²) in [6.07, 6.45) is 4.79. The second-order valence-corrected chi connectivity index (χ2v) is 4.70. The third-order valence-electron chi connectivity index (χ3n) is 3.12. The predicted molar refractivity (Wildman–Crippen MR) is 81.6 cm³/mol. The van der Waals surface area contributed by atoms with E-state index in [9.17, 15) is 0 Å². The SMILES string of the molecule is N[C@H](/C=C/c1ccccc1)[C@@H](N)Cc1ccccc1. The van der Waals surface area contributed by atoms with E-state index in [0.29, 0.717) is 0 Å². The molecule has 0 bridgehead atoms. The molecule has 0 unspecified atom stereocenters. The van der Waals surface area contributed by atoms with Crippen LogP contribution in [0.2, 0.25) is 0 Å². The summed E-state index contributed by atoms with van der Waals surface area (Å²) < 4.78 is 0. The van der Waals surface area contributed by atoms with Crippen LogP contribution in [0.15, 0.2) is 66.7 Å². The Bertz CT molecular complexity index is 505. The summed E-state index contributed by atoms with van der Waals surface area (Å²) >= 11 is 0. The first-order valence-corrected chi connectivity index (χ1v) is 6.54. The zero-order chi connectivity index (χ0) is 13.5. The van der Waals surface area contributed by atoms with E-state index in [1.54, 1.807) is 0 Å². The highest BCUT2D eigenvalue weighted by atomic mass is 14.8. The van der Waals surface area contributed by atoms with Crippen molar-refractivity contribution in [2.75, 3.05) is 0 Å². The minimum Gasteiger partial charge on any atom is -0.326 e. The number of rotatable bonds is 5. The number of hydrogen-bond donors (Lipinski definition) is 2. The van der Waals surface area contributed by atoms with Crippen molar-refractivity contribution >= 4 is 6.08 Å². The lowest BCUT2D eigenvalue weighted by atomic mass is 10.00. The topological polar surface area (TPSA) is 52.0 Å². The van der Waals surface area contributed by atoms with Gasteiger partial charge in [0.15, 0.2) is 0 Å². The fourth-order valence-electron chi connectivity index (χ4n) is 1.95. The van der Waals surface area contributed by atoms with Crippen LogP contribution in [0.5, 0.6) is 0 Å². The van der Waals surface area contributed by atoms with E-state index in [-0.39, 0.29) is 12.1 Å². The van der Waals surface area contributed by atoms with Crippen LogP contribution in [0.4, 0.5) is 0 Å². The molecular weight excluding hydrogens is 232 g/mol. The number of benzene rings is 2. The smallest absolute Gasteiger partial charge is 0.0384 e. The van der Waals surface area contributed by atoms with Gasteiger partial charge in [-0.05, 0) is 17.5 Å². The minimum atomic E-state index is -0.139. The van der Waals surface area contributed by atoms with Crippen molar-refractivity contribution in [1.29, 1.82) is 0 Å². The molecule has 98 valence electrons. The maximum Gasteiger partial charge on any atom is 0.0384 e. The van der Waals surface area contributed by atoms with Gasteiger partial charge in [0, 0.05) is 12.1 Å². The van der Waals surface area contributed by atoms with E-state index >= 15 is 0 Å². The molecule has 0 radical (unpaired) electrons. The summed E-state index contributed by atoms with van der Waals surface area (Å²) in [6, 6.07) is 20.1. The number of nitrogens with two attached hydrogens (primary N) is 2. The van der Waals surface area contributed by atoms with Crippen molar-refractivity contribution < 1.29 is 0 Å². The third kappa shape index (κ3) is 4.36. The van der Waals surface area contributed by atoms with Gasteiger partial charge in [0.1, 0.15) is 0 Å². The lowest BCUT2D eigenvalue weighted by molar-refractivity contribution is 0.598. The fraction of sp³-hybridized carbons (Fsp3) is 0.176. The summed E-state index contributed by atoms with van der Waals surface area (Å²) in [4.78, 5) is 0.